The Labute approximate surface area is 173 Å². The van der Waals surface area contributed by atoms with Gasteiger partial charge >= 0.3 is 0 Å². The topological polar surface area (TPSA) is 84.2 Å². The first kappa shape index (κ1) is 19.8. The number of hydrogen-bond donors (Lipinski definition) is 2. The number of oxazole rings is 1. The Balaban J connectivity index is 1.35. The third-order valence-electron chi connectivity index (χ3n) is 4.97. The van der Waals surface area contributed by atoms with Crippen molar-refractivity contribution in [2.45, 2.75) is 25.7 Å². The van der Waals surface area contributed by atoms with Crippen LogP contribution in [0.5, 0.6) is 0 Å². The van der Waals surface area contributed by atoms with Gasteiger partial charge in [0.2, 0.25) is 5.89 Å². The zero-order valence-electron chi connectivity index (χ0n) is 16.6. The molecule has 1 aliphatic carbocycles. The highest BCUT2D eigenvalue weighted by molar-refractivity contribution is 5.95. The van der Waals surface area contributed by atoms with Gasteiger partial charge in [0.25, 0.3) is 11.8 Å². The zero-order chi connectivity index (χ0) is 21.1. The van der Waals surface area contributed by atoms with Gasteiger partial charge in [-0.15, -0.1) is 0 Å². The highest BCUT2D eigenvalue weighted by Crippen LogP contribution is 2.43. The standard InChI is InChI=1S/C23H22FN3O3/c1-14-7-8-17(13-18(14)24)21(28)25-11-12-26-22(29)19-20(15-9-10-15)30-23(27-19)16-5-3-2-4-6-16/h2-8,13,15H,9-12H2,1H3,(H,25,28)(H,26,29). The van der Waals surface area contributed by atoms with Gasteiger partial charge in [-0.25, -0.2) is 9.37 Å². The van der Waals surface area contributed by atoms with Gasteiger partial charge in [0.1, 0.15) is 11.6 Å². The molecular formula is C23H22FN3O3. The van der Waals surface area contributed by atoms with E-state index in [0.717, 1.165) is 18.4 Å². The van der Waals surface area contributed by atoms with E-state index in [1.54, 1.807) is 19.1 Å². The van der Waals surface area contributed by atoms with Crippen LogP contribution in [-0.4, -0.2) is 29.9 Å². The van der Waals surface area contributed by atoms with Crippen LogP contribution in [0.3, 0.4) is 0 Å². The second-order valence-corrected chi connectivity index (χ2v) is 7.35. The number of carbonyl (C=O) groups is 2. The van der Waals surface area contributed by atoms with Gasteiger partial charge in [0.05, 0.1) is 0 Å². The second kappa shape index (κ2) is 8.49. The molecule has 0 radical (unpaired) electrons. The molecule has 0 saturated heterocycles. The van der Waals surface area contributed by atoms with Crippen molar-refractivity contribution in [1.29, 1.82) is 0 Å². The summed E-state index contributed by atoms with van der Waals surface area (Å²) in [6, 6.07) is 13.8. The van der Waals surface area contributed by atoms with Crippen molar-refractivity contribution in [3.05, 3.63) is 76.9 Å². The number of nitrogens with zero attached hydrogens (tertiary/aromatic N) is 1. The lowest BCUT2D eigenvalue weighted by Crippen LogP contribution is -2.35. The molecule has 0 spiro atoms. The summed E-state index contributed by atoms with van der Waals surface area (Å²) < 4.78 is 19.5. The van der Waals surface area contributed by atoms with Gasteiger partial charge in [-0.3, -0.25) is 9.59 Å². The van der Waals surface area contributed by atoms with E-state index in [9.17, 15) is 14.0 Å². The largest absolute Gasteiger partial charge is 0.440 e. The molecule has 2 amide bonds. The molecule has 1 aliphatic rings. The Bertz CT molecular complexity index is 1070. The number of carbonyl (C=O) groups excluding carboxylic acids is 2. The number of rotatable bonds is 7. The predicted octanol–water partition coefficient (Wildman–Crippen LogP) is 3.83. The monoisotopic (exact) mass is 407 g/mol. The maximum Gasteiger partial charge on any atom is 0.273 e. The van der Waals surface area contributed by atoms with Gasteiger partial charge in [-0.2, -0.15) is 0 Å². The molecule has 3 aromatic rings. The summed E-state index contributed by atoms with van der Waals surface area (Å²) in [7, 11) is 0. The third-order valence-corrected chi connectivity index (χ3v) is 4.97. The first-order valence-electron chi connectivity index (χ1n) is 9.91. The summed E-state index contributed by atoms with van der Waals surface area (Å²) in [5.41, 5.74) is 1.83. The normalized spacial score (nSPS) is 13.1. The molecule has 7 heteroatoms. The van der Waals surface area contributed by atoms with Crippen LogP contribution >= 0.6 is 0 Å². The lowest BCUT2D eigenvalue weighted by atomic mass is 10.1. The van der Waals surface area contributed by atoms with Crippen LogP contribution in [-0.2, 0) is 0 Å². The first-order chi connectivity index (χ1) is 14.5. The van der Waals surface area contributed by atoms with E-state index < -0.39 is 11.7 Å². The van der Waals surface area contributed by atoms with Crippen LogP contribution in [0, 0.1) is 12.7 Å². The van der Waals surface area contributed by atoms with Crippen molar-refractivity contribution in [1.82, 2.24) is 15.6 Å². The van der Waals surface area contributed by atoms with Gasteiger partial charge in [0.15, 0.2) is 5.69 Å². The van der Waals surface area contributed by atoms with Crippen LogP contribution in [0.4, 0.5) is 4.39 Å². The Morgan fingerprint density at radius 3 is 2.43 bits per heavy atom. The van der Waals surface area contributed by atoms with E-state index in [0.29, 0.717) is 22.9 Å². The molecule has 0 bridgehead atoms. The minimum absolute atomic E-state index is 0.211. The van der Waals surface area contributed by atoms with Gasteiger partial charge < -0.3 is 15.1 Å². The van der Waals surface area contributed by atoms with E-state index in [-0.39, 0.29) is 30.5 Å². The Morgan fingerprint density at radius 2 is 1.77 bits per heavy atom. The summed E-state index contributed by atoms with van der Waals surface area (Å²) in [6.07, 6.45) is 1.96. The molecular weight excluding hydrogens is 385 g/mol. The van der Waals surface area contributed by atoms with E-state index in [2.05, 4.69) is 15.6 Å². The minimum atomic E-state index is -0.427. The van der Waals surface area contributed by atoms with Crippen molar-refractivity contribution in [2.75, 3.05) is 13.1 Å². The molecule has 30 heavy (non-hydrogen) atoms. The molecule has 4 rings (SSSR count). The predicted molar refractivity (Wildman–Crippen MR) is 110 cm³/mol. The minimum Gasteiger partial charge on any atom is -0.440 e. The molecule has 2 N–H and O–H groups in total. The molecule has 1 saturated carbocycles. The molecule has 1 fully saturated rings. The van der Waals surface area contributed by atoms with E-state index in [4.69, 9.17) is 4.42 Å². The molecule has 2 aromatic carbocycles. The second-order valence-electron chi connectivity index (χ2n) is 7.35. The maximum absolute atomic E-state index is 13.6. The Hall–Kier alpha value is -3.48. The van der Waals surface area contributed by atoms with E-state index in [1.165, 1.54) is 6.07 Å². The third kappa shape index (κ3) is 4.40. The average molecular weight is 407 g/mol. The number of benzene rings is 2. The Morgan fingerprint density at radius 1 is 1.07 bits per heavy atom. The van der Waals surface area contributed by atoms with Gasteiger partial charge in [0, 0.05) is 30.1 Å². The van der Waals surface area contributed by atoms with Crippen molar-refractivity contribution in [3.63, 3.8) is 0 Å². The zero-order valence-corrected chi connectivity index (χ0v) is 16.6. The lowest BCUT2D eigenvalue weighted by molar-refractivity contribution is 0.0924. The summed E-state index contributed by atoms with van der Waals surface area (Å²) in [4.78, 5) is 29.2. The van der Waals surface area contributed by atoms with Crippen LogP contribution < -0.4 is 10.6 Å². The fourth-order valence-electron chi connectivity index (χ4n) is 3.09. The van der Waals surface area contributed by atoms with Crippen molar-refractivity contribution >= 4 is 11.8 Å². The number of aryl methyl sites for hydroxylation is 1. The molecule has 6 nitrogen and oxygen atoms in total. The van der Waals surface area contributed by atoms with Crippen LogP contribution in [0.25, 0.3) is 11.5 Å². The first-order valence-corrected chi connectivity index (χ1v) is 9.91. The average Bonchev–Trinajstić information content (AvgIpc) is 3.51. The Kier molecular flexibility index (Phi) is 5.61. The smallest absolute Gasteiger partial charge is 0.273 e. The van der Waals surface area contributed by atoms with Crippen molar-refractivity contribution < 1.29 is 18.4 Å². The number of amides is 2. The summed E-state index contributed by atoms with van der Waals surface area (Å²) in [5.74, 6) is 0.117. The molecule has 0 atom stereocenters. The summed E-state index contributed by atoms with van der Waals surface area (Å²) in [5, 5.41) is 5.43. The molecule has 154 valence electrons. The van der Waals surface area contributed by atoms with Crippen LogP contribution in [0.2, 0.25) is 0 Å². The molecule has 0 aliphatic heterocycles. The molecule has 1 heterocycles. The number of nitrogens with one attached hydrogen (secondary N) is 2. The highest BCUT2D eigenvalue weighted by Gasteiger charge is 2.34. The van der Waals surface area contributed by atoms with Crippen molar-refractivity contribution in [3.8, 4) is 11.5 Å². The highest BCUT2D eigenvalue weighted by atomic mass is 19.1. The van der Waals surface area contributed by atoms with Gasteiger partial charge in [-0.05, 0) is 49.6 Å². The molecule has 1 aromatic heterocycles. The van der Waals surface area contributed by atoms with E-state index >= 15 is 0 Å². The number of aromatic nitrogens is 1. The fourth-order valence-corrected chi connectivity index (χ4v) is 3.09. The lowest BCUT2D eigenvalue weighted by Gasteiger charge is -2.07. The van der Waals surface area contributed by atoms with Crippen LogP contribution in [0.15, 0.2) is 52.9 Å². The number of halogens is 1. The maximum atomic E-state index is 13.6. The van der Waals surface area contributed by atoms with Crippen LogP contribution in [0.1, 0.15) is 50.9 Å². The summed E-state index contributed by atoms with van der Waals surface area (Å²) >= 11 is 0. The van der Waals surface area contributed by atoms with E-state index in [1.807, 2.05) is 30.3 Å². The fraction of sp³-hybridized carbons (Fsp3) is 0.261. The summed E-state index contributed by atoms with van der Waals surface area (Å²) in [6.45, 7) is 2.06. The number of hydrogen-bond acceptors (Lipinski definition) is 4. The van der Waals surface area contributed by atoms with Crippen molar-refractivity contribution in [2.24, 2.45) is 0 Å². The quantitative estimate of drug-likeness (QED) is 0.583. The SMILES string of the molecule is Cc1ccc(C(=O)NCCNC(=O)c2nc(-c3ccccc3)oc2C2CC2)cc1F. The molecule has 0 unspecified atom stereocenters. The van der Waals surface area contributed by atoms with Gasteiger partial charge in [-0.1, -0.05) is 24.3 Å².